The minimum atomic E-state index is -0.284. The SMILES string of the molecule is CN(C1=Nc2ccccc2CS1)C1CCN(CCCCOc2ccccc2F)CC1. The van der Waals surface area contributed by atoms with E-state index in [4.69, 9.17) is 9.73 Å². The number of rotatable bonds is 7. The number of unbranched alkanes of at least 4 members (excludes halogenated alkanes) is 1. The second-order valence-corrected chi connectivity index (χ2v) is 8.92. The molecule has 1 fully saturated rings. The van der Waals surface area contributed by atoms with E-state index in [1.807, 2.05) is 11.8 Å². The van der Waals surface area contributed by atoms with Crippen LogP contribution in [-0.4, -0.2) is 54.3 Å². The Kier molecular flexibility index (Phi) is 7.28. The molecule has 0 spiro atoms. The highest BCUT2D eigenvalue weighted by Crippen LogP contribution is 2.32. The Bertz CT molecular complexity index is 867. The smallest absolute Gasteiger partial charge is 0.165 e. The summed E-state index contributed by atoms with van der Waals surface area (Å²) >= 11 is 1.85. The van der Waals surface area contributed by atoms with E-state index in [1.165, 1.54) is 24.5 Å². The number of nitrogens with zero attached hydrogens (tertiary/aromatic N) is 3. The Morgan fingerprint density at radius 3 is 2.70 bits per heavy atom. The zero-order valence-corrected chi connectivity index (χ0v) is 18.4. The van der Waals surface area contributed by atoms with Gasteiger partial charge in [-0.1, -0.05) is 42.1 Å². The molecule has 0 N–H and O–H groups in total. The van der Waals surface area contributed by atoms with Crippen molar-refractivity contribution in [3.8, 4) is 5.75 Å². The highest BCUT2D eigenvalue weighted by atomic mass is 32.2. The standard InChI is InChI=1S/C24H30FN3OS/c1-27(24-26-22-10-4-2-8-19(22)18-30-24)20-12-15-28(16-13-20)14-6-7-17-29-23-11-5-3-9-21(23)25/h2-5,8-11,20H,6-7,12-18H2,1H3. The maximum atomic E-state index is 13.6. The number of aliphatic imine (C=N–C) groups is 1. The van der Waals surface area contributed by atoms with Gasteiger partial charge in [0.15, 0.2) is 16.7 Å². The van der Waals surface area contributed by atoms with Crippen LogP contribution < -0.4 is 4.74 Å². The molecule has 0 atom stereocenters. The molecule has 0 aromatic heterocycles. The summed E-state index contributed by atoms with van der Waals surface area (Å²) in [6, 6.07) is 15.6. The minimum Gasteiger partial charge on any atom is -0.491 e. The average Bonchev–Trinajstić information content (AvgIpc) is 2.79. The van der Waals surface area contributed by atoms with Crippen LogP contribution in [0.25, 0.3) is 0 Å². The molecule has 2 aliphatic rings. The van der Waals surface area contributed by atoms with Crippen molar-refractivity contribution in [1.29, 1.82) is 0 Å². The zero-order chi connectivity index (χ0) is 20.8. The first-order valence-electron chi connectivity index (χ1n) is 10.8. The fraction of sp³-hybridized carbons (Fsp3) is 0.458. The normalized spacial score (nSPS) is 17.3. The predicted molar refractivity (Wildman–Crippen MR) is 123 cm³/mol. The number of ether oxygens (including phenoxy) is 1. The number of hydrogen-bond acceptors (Lipinski definition) is 5. The van der Waals surface area contributed by atoms with Crippen molar-refractivity contribution < 1.29 is 9.13 Å². The first kappa shape index (κ1) is 21.2. The molecule has 0 radical (unpaired) electrons. The first-order chi connectivity index (χ1) is 14.7. The van der Waals surface area contributed by atoms with Gasteiger partial charge in [0.25, 0.3) is 0 Å². The highest BCUT2D eigenvalue weighted by molar-refractivity contribution is 8.13. The van der Waals surface area contributed by atoms with Gasteiger partial charge < -0.3 is 14.5 Å². The fourth-order valence-electron chi connectivity index (χ4n) is 4.07. The summed E-state index contributed by atoms with van der Waals surface area (Å²) in [5, 5.41) is 1.15. The number of hydrogen-bond donors (Lipinski definition) is 0. The molecule has 0 saturated carbocycles. The number of thioether (sulfide) groups is 1. The molecule has 0 unspecified atom stereocenters. The van der Waals surface area contributed by atoms with Gasteiger partial charge in [-0.25, -0.2) is 9.38 Å². The Morgan fingerprint density at radius 1 is 1.10 bits per heavy atom. The summed E-state index contributed by atoms with van der Waals surface area (Å²) in [4.78, 5) is 9.82. The van der Waals surface area contributed by atoms with Crippen LogP contribution >= 0.6 is 11.8 Å². The van der Waals surface area contributed by atoms with Crippen molar-refractivity contribution in [2.75, 3.05) is 33.3 Å². The minimum absolute atomic E-state index is 0.284. The molecule has 4 nitrogen and oxygen atoms in total. The number of amidine groups is 1. The molecule has 2 heterocycles. The molecule has 160 valence electrons. The zero-order valence-electron chi connectivity index (χ0n) is 17.6. The second-order valence-electron chi connectivity index (χ2n) is 7.98. The van der Waals surface area contributed by atoms with Gasteiger partial charge in [0, 0.05) is 31.9 Å². The van der Waals surface area contributed by atoms with Gasteiger partial charge in [-0.2, -0.15) is 0 Å². The van der Waals surface area contributed by atoms with E-state index in [1.54, 1.807) is 18.2 Å². The van der Waals surface area contributed by atoms with E-state index < -0.39 is 0 Å². The number of fused-ring (bicyclic) bond motifs is 1. The molecule has 6 heteroatoms. The van der Waals surface area contributed by atoms with Crippen molar-refractivity contribution in [3.05, 3.63) is 59.9 Å². The molecule has 1 saturated heterocycles. The van der Waals surface area contributed by atoms with E-state index in [0.717, 1.165) is 49.1 Å². The van der Waals surface area contributed by atoms with Crippen LogP contribution in [0.2, 0.25) is 0 Å². The molecule has 4 rings (SSSR count). The van der Waals surface area contributed by atoms with Gasteiger partial charge in [0.05, 0.1) is 12.3 Å². The molecule has 2 aliphatic heterocycles. The van der Waals surface area contributed by atoms with Crippen LogP contribution in [-0.2, 0) is 5.75 Å². The predicted octanol–water partition coefficient (Wildman–Crippen LogP) is 5.32. The number of piperidine rings is 1. The summed E-state index contributed by atoms with van der Waals surface area (Å²) in [6.07, 6.45) is 4.36. The summed E-state index contributed by atoms with van der Waals surface area (Å²) in [5.74, 6) is 1.08. The van der Waals surface area contributed by atoms with E-state index in [2.05, 4.69) is 41.1 Å². The molecule has 0 bridgehead atoms. The summed E-state index contributed by atoms with van der Waals surface area (Å²) in [7, 11) is 2.19. The monoisotopic (exact) mass is 427 g/mol. The van der Waals surface area contributed by atoms with E-state index in [-0.39, 0.29) is 5.82 Å². The third kappa shape index (κ3) is 5.35. The quantitative estimate of drug-likeness (QED) is 0.560. The third-order valence-electron chi connectivity index (χ3n) is 5.93. The maximum absolute atomic E-state index is 13.6. The molecule has 2 aromatic carbocycles. The first-order valence-corrected chi connectivity index (χ1v) is 11.8. The van der Waals surface area contributed by atoms with Gasteiger partial charge in [-0.3, -0.25) is 0 Å². The van der Waals surface area contributed by atoms with Gasteiger partial charge in [-0.05, 0) is 56.0 Å². The lowest BCUT2D eigenvalue weighted by atomic mass is 10.0. The van der Waals surface area contributed by atoms with Crippen LogP contribution in [0.4, 0.5) is 10.1 Å². The highest BCUT2D eigenvalue weighted by Gasteiger charge is 2.26. The lowest BCUT2D eigenvalue weighted by molar-refractivity contribution is 0.161. The van der Waals surface area contributed by atoms with Crippen LogP contribution in [0.3, 0.4) is 0 Å². The average molecular weight is 428 g/mol. The Labute approximate surface area is 183 Å². The topological polar surface area (TPSA) is 28.1 Å². The molecule has 30 heavy (non-hydrogen) atoms. The van der Waals surface area contributed by atoms with Gasteiger partial charge in [0.2, 0.25) is 0 Å². The lowest BCUT2D eigenvalue weighted by Gasteiger charge is -2.38. The fourth-order valence-corrected chi connectivity index (χ4v) is 5.11. The van der Waals surface area contributed by atoms with Crippen LogP contribution in [0.5, 0.6) is 5.75 Å². The Balaban J connectivity index is 1.16. The lowest BCUT2D eigenvalue weighted by Crippen LogP contribution is -2.45. The van der Waals surface area contributed by atoms with Crippen LogP contribution in [0.15, 0.2) is 53.5 Å². The molecular weight excluding hydrogens is 397 g/mol. The van der Waals surface area contributed by atoms with Crippen molar-refractivity contribution in [3.63, 3.8) is 0 Å². The number of benzene rings is 2. The van der Waals surface area contributed by atoms with Gasteiger partial charge >= 0.3 is 0 Å². The maximum Gasteiger partial charge on any atom is 0.165 e. The van der Waals surface area contributed by atoms with Crippen molar-refractivity contribution >= 4 is 22.6 Å². The van der Waals surface area contributed by atoms with Gasteiger partial charge in [-0.15, -0.1) is 0 Å². The van der Waals surface area contributed by atoms with E-state index in [9.17, 15) is 4.39 Å². The van der Waals surface area contributed by atoms with Crippen molar-refractivity contribution in [1.82, 2.24) is 9.80 Å². The Morgan fingerprint density at radius 2 is 1.87 bits per heavy atom. The summed E-state index contributed by atoms with van der Waals surface area (Å²) < 4.78 is 19.1. The Hall–Kier alpha value is -2.05. The van der Waals surface area contributed by atoms with Crippen molar-refractivity contribution in [2.24, 2.45) is 4.99 Å². The van der Waals surface area contributed by atoms with E-state index in [0.29, 0.717) is 18.4 Å². The van der Waals surface area contributed by atoms with E-state index >= 15 is 0 Å². The number of likely N-dealkylation sites (tertiary alicyclic amines) is 1. The largest absolute Gasteiger partial charge is 0.491 e. The van der Waals surface area contributed by atoms with Crippen LogP contribution in [0, 0.1) is 5.82 Å². The number of para-hydroxylation sites is 2. The summed E-state index contributed by atoms with van der Waals surface area (Å²) in [5.41, 5.74) is 2.45. The van der Waals surface area contributed by atoms with Crippen molar-refractivity contribution in [2.45, 2.75) is 37.5 Å². The number of halogens is 1. The molecule has 0 aliphatic carbocycles. The van der Waals surface area contributed by atoms with Crippen LogP contribution in [0.1, 0.15) is 31.2 Å². The summed E-state index contributed by atoms with van der Waals surface area (Å²) in [6.45, 7) is 3.90. The second kappa shape index (κ2) is 10.3. The van der Waals surface area contributed by atoms with Gasteiger partial charge in [0.1, 0.15) is 0 Å². The molecule has 2 aromatic rings. The molecule has 0 amide bonds. The molecular formula is C24H30FN3OS. The third-order valence-corrected chi connectivity index (χ3v) is 7.03.